The SMILES string of the molecule is O=C(c1cccc2cc3ccccc3cc12)C(F)(F)F. The van der Waals surface area contributed by atoms with Crippen LogP contribution in [0.25, 0.3) is 21.5 Å². The Bertz CT molecular complexity index is 819. The first kappa shape index (κ1) is 12.7. The number of carbonyl (C=O) groups excluding carboxylic acids is 1. The zero-order valence-corrected chi connectivity index (χ0v) is 10.2. The van der Waals surface area contributed by atoms with Crippen molar-refractivity contribution in [2.24, 2.45) is 0 Å². The summed E-state index contributed by atoms with van der Waals surface area (Å²) in [6.07, 6.45) is -4.86. The molecule has 0 heterocycles. The van der Waals surface area contributed by atoms with Gasteiger partial charge in [-0.1, -0.05) is 42.5 Å². The molecule has 0 amide bonds. The lowest BCUT2D eigenvalue weighted by atomic mass is 9.97. The summed E-state index contributed by atoms with van der Waals surface area (Å²) < 4.78 is 37.9. The maximum Gasteiger partial charge on any atom is 0.454 e. The molecule has 3 rings (SSSR count). The monoisotopic (exact) mass is 274 g/mol. The van der Waals surface area contributed by atoms with Gasteiger partial charge in [0.25, 0.3) is 5.78 Å². The van der Waals surface area contributed by atoms with Gasteiger partial charge < -0.3 is 0 Å². The van der Waals surface area contributed by atoms with Gasteiger partial charge in [0.1, 0.15) is 0 Å². The number of halogens is 3. The Balaban J connectivity index is 2.34. The molecular weight excluding hydrogens is 265 g/mol. The topological polar surface area (TPSA) is 17.1 Å². The van der Waals surface area contributed by atoms with Crippen LogP contribution in [0.5, 0.6) is 0 Å². The first-order chi connectivity index (χ1) is 9.47. The second-order valence-electron chi connectivity index (χ2n) is 4.55. The molecule has 0 aliphatic carbocycles. The first-order valence-corrected chi connectivity index (χ1v) is 6.00. The molecule has 0 unspecified atom stereocenters. The van der Waals surface area contributed by atoms with Crippen LogP contribution in [0, 0.1) is 0 Å². The Morgan fingerprint density at radius 3 is 2.05 bits per heavy atom. The molecule has 4 heteroatoms. The van der Waals surface area contributed by atoms with Gasteiger partial charge in [-0.15, -0.1) is 0 Å². The Morgan fingerprint density at radius 2 is 1.40 bits per heavy atom. The fourth-order valence-corrected chi connectivity index (χ4v) is 2.32. The molecule has 100 valence electrons. The molecular formula is C16H9F3O. The number of fused-ring (bicyclic) bond motifs is 2. The standard InChI is InChI=1S/C16H9F3O/c17-16(18,19)15(20)13-7-3-6-12-8-10-4-1-2-5-11(10)9-14(12)13/h1-9H. The number of hydrogen-bond acceptors (Lipinski definition) is 1. The smallest absolute Gasteiger partial charge is 0.284 e. The van der Waals surface area contributed by atoms with Crippen LogP contribution in [0.15, 0.2) is 54.6 Å². The number of alkyl halides is 3. The second kappa shape index (κ2) is 4.34. The van der Waals surface area contributed by atoms with E-state index < -0.39 is 12.0 Å². The van der Waals surface area contributed by atoms with Crippen LogP contribution in [0.4, 0.5) is 13.2 Å². The molecule has 20 heavy (non-hydrogen) atoms. The number of Topliss-reactive ketones (excluding diaryl/α,β-unsaturated/α-hetero) is 1. The zero-order valence-electron chi connectivity index (χ0n) is 10.2. The van der Waals surface area contributed by atoms with Crippen molar-refractivity contribution in [1.29, 1.82) is 0 Å². The number of rotatable bonds is 1. The molecule has 0 aromatic heterocycles. The fraction of sp³-hybridized carbons (Fsp3) is 0.0625. The van der Waals surface area contributed by atoms with Gasteiger partial charge in [0.05, 0.1) is 0 Å². The largest absolute Gasteiger partial charge is 0.454 e. The van der Waals surface area contributed by atoms with Gasteiger partial charge >= 0.3 is 6.18 Å². The molecule has 0 saturated heterocycles. The van der Waals surface area contributed by atoms with Crippen molar-refractivity contribution in [2.75, 3.05) is 0 Å². The minimum absolute atomic E-state index is 0.305. The van der Waals surface area contributed by atoms with Crippen LogP contribution in [0.2, 0.25) is 0 Å². The van der Waals surface area contributed by atoms with Crippen molar-refractivity contribution in [3.05, 3.63) is 60.2 Å². The molecule has 0 saturated carbocycles. The first-order valence-electron chi connectivity index (χ1n) is 6.00. The molecule has 0 atom stereocenters. The molecule has 0 bridgehead atoms. The molecule has 3 aromatic rings. The third-order valence-corrected chi connectivity index (χ3v) is 3.25. The van der Waals surface area contributed by atoms with Gasteiger partial charge in [0.15, 0.2) is 0 Å². The maximum atomic E-state index is 12.6. The van der Waals surface area contributed by atoms with E-state index in [0.29, 0.717) is 10.8 Å². The highest BCUT2D eigenvalue weighted by Gasteiger charge is 2.39. The van der Waals surface area contributed by atoms with Crippen molar-refractivity contribution in [2.45, 2.75) is 6.18 Å². The summed E-state index contributed by atoms with van der Waals surface area (Å²) in [4.78, 5) is 11.5. The van der Waals surface area contributed by atoms with Gasteiger partial charge in [-0.3, -0.25) is 4.79 Å². The summed E-state index contributed by atoms with van der Waals surface area (Å²) in [5.74, 6) is -1.81. The predicted octanol–water partition coefficient (Wildman–Crippen LogP) is 4.74. The van der Waals surface area contributed by atoms with E-state index in [2.05, 4.69) is 0 Å². The lowest BCUT2D eigenvalue weighted by molar-refractivity contribution is -0.0884. The van der Waals surface area contributed by atoms with Crippen LogP contribution >= 0.6 is 0 Å². The number of ketones is 1. The van der Waals surface area contributed by atoms with Crippen LogP contribution in [-0.2, 0) is 0 Å². The number of carbonyl (C=O) groups is 1. The van der Waals surface area contributed by atoms with Crippen molar-refractivity contribution < 1.29 is 18.0 Å². The quantitative estimate of drug-likeness (QED) is 0.463. The second-order valence-corrected chi connectivity index (χ2v) is 4.55. The highest BCUT2D eigenvalue weighted by Crippen LogP contribution is 2.29. The molecule has 0 spiro atoms. The van der Waals surface area contributed by atoms with Gasteiger partial charge in [0.2, 0.25) is 0 Å². The van der Waals surface area contributed by atoms with Crippen LogP contribution < -0.4 is 0 Å². The molecule has 3 aromatic carbocycles. The van der Waals surface area contributed by atoms with Crippen LogP contribution in [0.3, 0.4) is 0 Å². The van der Waals surface area contributed by atoms with Crippen LogP contribution in [-0.4, -0.2) is 12.0 Å². The van der Waals surface area contributed by atoms with Crippen molar-refractivity contribution in [3.63, 3.8) is 0 Å². The van der Waals surface area contributed by atoms with E-state index in [1.807, 2.05) is 24.3 Å². The highest BCUT2D eigenvalue weighted by molar-refractivity contribution is 6.13. The van der Waals surface area contributed by atoms with Gasteiger partial charge in [-0.25, -0.2) is 0 Å². The van der Waals surface area contributed by atoms with Crippen LogP contribution in [0.1, 0.15) is 10.4 Å². The maximum absolute atomic E-state index is 12.6. The summed E-state index contributed by atoms with van der Waals surface area (Å²) in [6, 6.07) is 15.2. The highest BCUT2D eigenvalue weighted by atomic mass is 19.4. The molecule has 0 radical (unpaired) electrons. The Hall–Kier alpha value is -2.36. The van der Waals surface area contributed by atoms with Gasteiger partial charge in [0, 0.05) is 5.56 Å². The summed E-state index contributed by atoms with van der Waals surface area (Å²) in [6.45, 7) is 0. The van der Waals surface area contributed by atoms with E-state index >= 15 is 0 Å². The van der Waals surface area contributed by atoms with Crippen molar-refractivity contribution in [3.8, 4) is 0 Å². The molecule has 0 fully saturated rings. The van der Waals surface area contributed by atoms with Crippen molar-refractivity contribution in [1.82, 2.24) is 0 Å². The Labute approximate surface area is 112 Å². The van der Waals surface area contributed by atoms with E-state index in [4.69, 9.17) is 0 Å². The van der Waals surface area contributed by atoms with E-state index in [0.717, 1.165) is 10.8 Å². The van der Waals surface area contributed by atoms with E-state index in [-0.39, 0.29) is 5.56 Å². The fourth-order valence-electron chi connectivity index (χ4n) is 2.32. The molecule has 0 aliphatic heterocycles. The third-order valence-electron chi connectivity index (χ3n) is 3.25. The summed E-state index contributed by atoms with van der Waals surface area (Å²) >= 11 is 0. The van der Waals surface area contributed by atoms with E-state index in [9.17, 15) is 18.0 Å². The Morgan fingerprint density at radius 1 is 0.800 bits per heavy atom. The summed E-state index contributed by atoms with van der Waals surface area (Å²) in [5.41, 5.74) is -0.305. The minimum atomic E-state index is -4.86. The van der Waals surface area contributed by atoms with Gasteiger partial charge in [-0.05, 0) is 33.7 Å². The van der Waals surface area contributed by atoms with Crippen molar-refractivity contribution >= 4 is 27.3 Å². The Kier molecular flexibility index (Phi) is 2.74. The summed E-state index contributed by atoms with van der Waals surface area (Å²) in [7, 11) is 0. The third kappa shape index (κ3) is 2.03. The molecule has 1 nitrogen and oxygen atoms in total. The summed E-state index contributed by atoms with van der Waals surface area (Å²) in [5, 5.41) is 2.69. The lowest BCUT2D eigenvalue weighted by Gasteiger charge is -2.09. The van der Waals surface area contributed by atoms with E-state index in [1.54, 1.807) is 18.2 Å². The molecule has 0 aliphatic rings. The van der Waals surface area contributed by atoms with Gasteiger partial charge in [-0.2, -0.15) is 13.2 Å². The zero-order chi connectivity index (χ0) is 14.3. The number of benzene rings is 3. The lowest BCUT2D eigenvalue weighted by Crippen LogP contribution is -2.22. The predicted molar refractivity (Wildman–Crippen MR) is 71.8 cm³/mol. The number of hydrogen-bond donors (Lipinski definition) is 0. The van der Waals surface area contributed by atoms with E-state index in [1.165, 1.54) is 12.1 Å². The minimum Gasteiger partial charge on any atom is -0.284 e. The molecule has 0 N–H and O–H groups in total. The normalized spacial score (nSPS) is 11.9. The average molecular weight is 274 g/mol. The average Bonchev–Trinajstić information content (AvgIpc) is 2.42.